The van der Waals surface area contributed by atoms with Gasteiger partial charge < -0.3 is 10.1 Å². The minimum atomic E-state index is -0.613. The molecule has 124 valence electrons. The number of nitrogens with zero attached hydrogens (tertiary/aromatic N) is 1. The van der Waals surface area contributed by atoms with E-state index in [-0.39, 0.29) is 12.0 Å². The van der Waals surface area contributed by atoms with Crippen LogP contribution in [0.2, 0.25) is 10.0 Å². The number of thiocarbonyl (C=S) groups is 1. The van der Waals surface area contributed by atoms with E-state index in [0.717, 1.165) is 17.0 Å². The molecule has 2 aromatic rings. The topological polar surface area (TPSA) is 24.5 Å². The van der Waals surface area contributed by atoms with Crippen LogP contribution in [0.3, 0.4) is 0 Å². The molecule has 0 saturated carbocycles. The molecule has 1 fully saturated rings. The van der Waals surface area contributed by atoms with Crippen molar-refractivity contribution in [3.8, 4) is 5.75 Å². The quantitative estimate of drug-likeness (QED) is 0.691. The Balaban J connectivity index is 1.86. The maximum atomic E-state index is 6.43. The number of benzene rings is 2. The Morgan fingerprint density at radius 3 is 2.67 bits per heavy atom. The Labute approximate surface area is 156 Å². The number of hydrogen-bond donors (Lipinski definition) is 1. The van der Waals surface area contributed by atoms with Crippen LogP contribution in [0.4, 0.5) is 5.69 Å². The van der Waals surface area contributed by atoms with Crippen molar-refractivity contribution in [1.29, 1.82) is 0 Å². The highest BCUT2D eigenvalue weighted by molar-refractivity contribution is 7.80. The van der Waals surface area contributed by atoms with E-state index in [9.17, 15) is 0 Å². The largest absolute Gasteiger partial charge is 0.467 e. The van der Waals surface area contributed by atoms with Crippen LogP contribution in [0.5, 0.6) is 5.75 Å². The summed E-state index contributed by atoms with van der Waals surface area (Å²) < 4.78 is 6.43. The van der Waals surface area contributed by atoms with Gasteiger partial charge in [-0.15, -0.1) is 0 Å². The van der Waals surface area contributed by atoms with Gasteiger partial charge in [-0.2, -0.15) is 0 Å². The third-order valence-corrected chi connectivity index (χ3v) is 5.73. The highest BCUT2D eigenvalue weighted by atomic mass is 35.5. The fourth-order valence-corrected chi connectivity index (χ4v) is 4.37. The van der Waals surface area contributed by atoms with Gasteiger partial charge in [0.15, 0.2) is 10.8 Å². The van der Waals surface area contributed by atoms with Crippen LogP contribution in [0.1, 0.15) is 25.5 Å². The molecule has 0 radical (unpaired) electrons. The molecule has 24 heavy (non-hydrogen) atoms. The number of ether oxygens (including phenoxy) is 1. The monoisotopic (exact) mass is 378 g/mol. The molecule has 1 N–H and O–H groups in total. The molecule has 4 rings (SSSR count). The van der Waals surface area contributed by atoms with Crippen LogP contribution >= 0.6 is 35.4 Å². The van der Waals surface area contributed by atoms with Crippen LogP contribution in [0.25, 0.3) is 0 Å². The van der Waals surface area contributed by atoms with Gasteiger partial charge in [-0.1, -0.05) is 36.2 Å². The van der Waals surface area contributed by atoms with Crippen molar-refractivity contribution in [2.45, 2.75) is 25.6 Å². The lowest BCUT2D eigenvalue weighted by atomic mass is 9.80. The van der Waals surface area contributed by atoms with Crippen LogP contribution < -0.4 is 15.0 Å². The van der Waals surface area contributed by atoms with Crippen molar-refractivity contribution < 1.29 is 4.74 Å². The zero-order valence-corrected chi connectivity index (χ0v) is 15.5. The van der Waals surface area contributed by atoms with Gasteiger partial charge in [0, 0.05) is 27.2 Å². The summed E-state index contributed by atoms with van der Waals surface area (Å²) in [4.78, 5) is 2.01. The van der Waals surface area contributed by atoms with Crippen LogP contribution in [-0.2, 0) is 0 Å². The molecule has 2 heterocycles. The summed E-state index contributed by atoms with van der Waals surface area (Å²) in [5.41, 5.74) is 1.34. The summed E-state index contributed by atoms with van der Waals surface area (Å²) in [6.45, 7) is 4.22. The molecule has 2 aliphatic rings. The molecule has 0 spiro atoms. The Morgan fingerprint density at radius 1 is 1.17 bits per heavy atom. The second-order valence-electron chi connectivity index (χ2n) is 6.37. The number of halogens is 2. The highest BCUT2D eigenvalue weighted by Crippen LogP contribution is 2.49. The summed E-state index contributed by atoms with van der Waals surface area (Å²) in [6, 6.07) is 13.4. The van der Waals surface area contributed by atoms with Gasteiger partial charge >= 0.3 is 0 Å². The van der Waals surface area contributed by atoms with Crippen molar-refractivity contribution in [3.05, 3.63) is 58.1 Å². The van der Waals surface area contributed by atoms with Crippen molar-refractivity contribution in [3.63, 3.8) is 0 Å². The van der Waals surface area contributed by atoms with E-state index in [0.29, 0.717) is 15.2 Å². The second-order valence-corrected chi connectivity index (χ2v) is 7.63. The molecule has 0 aliphatic carbocycles. The first-order valence-electron chi connectivity index (χ1n) is 7.75. The van der Waals surface area contributed by atoms with Gasteiger partial charge in [0.1, 0.15) is 5.75 Å². The van der Waals surface area contributed by atoms with Gasteiger partial charge in [-0.3, -0.25) is 4.90 Å². The van der Waals surface area contributed by atoms with Gasteiger partial charge in [-0.25, -0.2) is 0 Å². The smallest absolute Gasteiger partial charge is 0.190 e. The number of nitrogens with one attached hydrogen (secondary N) is 1. The summed E-state index contributed by atoms with van der Waals surface area (Å²) in [7, 11) is 0. The van der Waals surface area contributed by atoms with Crippen molar-refractivity contribution in [2.24, 2.45) is 5.92 Å². The lowest BCUT2D eigenvalue weighted by Crippen LogP contribution is -2.69. The molecular weight excluding hydrogens is 363 g/mol. The van der Waals surface area contributed by atoms with E-state index in [1.165, 1.54) is 0 Å². The van der Waals surface area contributed by atoms with Crippen molar-refractivity contribution in [1.82, 2.24) is 5.32 Å². The summed E-state index contributed by atoms with van der Waals surface area (Å²) >= 11 is 18.0. The fraction of sp³-hybridized carbons (Fsp3) is 0.278. The minimum absolute atomic E-state index is 0.0559. The molecule has 3 unspecified atom stereocenters. The van der Waals surface area contributed by atoms with Gasteiger partial charge in [-0.05, 0) is 55.5 Å². The predicted octanol–water partition coefficient (Wildman–Crippen LogP) is 5.17. The zero-order chi connectivity index (χ0) is 17.1. The van der Waals surface area contributed by atoms with Gasteiger partial charge in [0.05, 0.1) is 6.04 Å². The molecule has 6 heteroatoms. The first-order valence-corrected chi connectivity index (χ1v) is 8.91. The molecule has 0 amide bonds. The molecule has 3 atom stereocenters. The second kappa shape index (κ2) is 5.51. The van der Waals surface area contributed by atoms with Gasteiger partial charge in [0.2, 0.25) is 0 Å². The average molecular weight is 379 g/mol. The molecule has 2 bridgehead atoms. The summed E-state index contributed by atoms with van der Waals surface area (Å²) in [6.07, 6.45) is 0. The highest BCUT2D eigenvalue weighted by Gasteiger charge is 2.53. The zero-order valence-electron chi connectivity index (χ0n) is 13.2. The van der Waals surface area contributed by atoms with E-state index in [1.54, 1.807) is 0 Å². The first kappa shape index (κ1) is 16.0. The predicted molar refractivity (Wildman–Crippen MR) is 102 cm³/mol. The number of anilines is 1. The molecular formula is C18H16Cl2N2OS. The van der Waals surface area contributed by atoms with E-state index < -0.39 is 5.72 Å². The van der Waals surface area contributed by atoms with E-state index >= 15 is 0 Å². The maximum Gasteiger partial charge on any atom is 0.190 e. The average Bonchev–Trinajstić information content (AvgIpc) is 2.52. The van der Waals surface area contributed by atoms with Crippen molar-refractivity contribution in [2.75, 3.05) is 4.90 Å². The van der Waals surface area contributed by atoms with Gasteiger partial charge in [0.25, 0.3) is 0 Å². The Kier molecular flexibility index (Phi) is 3.68. The lowest BCUT2D eigenvalue weighted by molar-refractivity contribution is -0.00315. The Hall–Kier alpha value is -1.49. The van der Waals surface area contributed by atoms with Crippen LogP contribution in [0, 0.1) is 5.92 Å². The molecule has 3 nitrogen and oxygen atoms in total. The maximum absolute atomic E-state index is 6.43. The standard InChI is InChI=1S/C18H16Cl2N2OS/c1-10-16-14-9-12(20)6-7-15(14)23-18(10,2)22(17(24)21-16)13-5-3-4-11(19)8-13/h3-10,16H,1-2H3,(H,21,24). The van der Waals surface area contributed by atoms with Crippen molar-refractivity contribution >= 4 is 46.2 Å². The fourth-order valence-electron chi connectivity index (χ4n) is 3.59. The Morgan fingerprint density at radius 2 is 1.92 bits per heavy atom. The molecule has 0 aromatic heterocycles. The van der Waals surface area contributed by atoms with Crippen LogP contribution in [-0.4, -0.2) is 10.8 Å². The SMILES string of the molecule is CC1C2NC(=S)N(c3cccc(Cl)c3)C1(C)Oc1ccc(Cl)cc12. The third kappa shape index (κ3) is 2.28. The Bertz CT molecular complexity index is 844. The van der Waals surface area contributed by atoms with E-state index in [1.807, 2.05) is 47.4 Å². The van der Waals surface area contributed by atoms with Crippen LogP contribution in [0.15, 0.2) is 42.5 Å². The summed E-state index contributed by atoms with van der Waals surface area (Å²) in [5, 5.41) is 5.43. The molecule has 2 aromatic carbocycles. The molecule has 1 saturated heterocycles. The minimum Gasteiger partial charge on any atom is -0.467 e. The number of fused-ring (bicyclic) bond motifs is 4. The molecule has 2 aliphatic heterocycles. The van der Waals surface area contributed by atoms with E-state index in [4.69, 9.17) is 40.2 Å². The lowest BCUT2D eigenvalue weighted by Gasteiger charge is -2.56. The summed E-state index contributed by atoms with van der Waals surface area (Å²) in [5.74, 6) is 0.973. The third-order valence-electron chi connectivity index (χ3n) is 4.96. The van der Waals surface area contributed by atoms with E-state index in [2.05, 4.69) is 19.2 Å². The first-order chi connectivity index (χ1) is 11.4. The normalized spacial score (nSPS) is 28.0. The number of hydrogen-bond acceptors (Lipinski definition) is 2. The number of rotatable bonds is 1.